The summed E-state index contributed by atoms with van der Waals surface area (Å²) in [4.78, 5) is 10.4. The molecule has 0 aliphatic carbocycles. The van der Waals surface area contributed by atoms with Gasteiger partial charge in [-0.25, -0.2) is 5.32 Å². The van der Waals surface area contributed by atoms with Crippen molar-refractivity contribution in [2.24, 2.45) is 5.73 Å². The lowest BCUT2D eigenvalue weighted by Crippen LogP contribution is -2.42. The largest absolute Gasteiger partial charge is 0.367 e. The second kappa shape index (κ2) is 2.80. The van der Waals surface area contributed by atoms with Crippen molar-refractivity contribution < 1.29 is 9.53 Å². The van der Waals surface area contributed by atoms with E-state index in [1.54, 1.807) is 0 Å². The number of carbonyl (C=O) groups excluding carboxylic acids is 1. The summed E-state index contributed by atoms with van der Waals surface area (Å²) in [5, 5.41) is 3.95. The maximum atomic E-state index is 10.4. The molecule has 1 rings (SSSR count). The lowest BCUT2D eigenvalue weighted by molar-refractivity contribution is -0.130. The Labute approximate surface area is 53.4 Å². The van der Waals surface area contributed by atoms with Crippen LogP contribution in [0.1, 0.15) is 0 Å². The molecule has 0 aromatic rings. The summed E-state index contributed by atoms with van der Waals surface area (Å²) in [6.45, 7) is 1.63. The molecular weight excluding hydrogens is 120 g/mol. The van der Waals surface area contributed by atoms with Gasteiger partial charge in [-0.3, -0.25) is 4.79 Å². The first-order chi connectivity index (χ1) is 4.30. The van der Waals surface area contributed by atoms with Gasteiger partial charge in [-0.1, -0.05) is 0 Å². The van der Waals surface area contributed by atoms with E-state index in [-0.39, 0.29) is 0 Å². The van der Waals surface area contributed by atoms with Crippen LogP contribution in [0.5, 0.6) is 0 Å². The number of amides is 1. The average molecular weight is 129 g/mol. The van der Waals surface area contributed by atoms with E-state index < -0.39 is 12.0 Å². The average Bonchev–Trinajstić information content (AvgIpc) is 1.90. The van der Waals surface area contributed by atoms with Crippen LogP contribution in [0.3, 0.4) is 0 Å². The van der Waals surface area contributed by atoms with E-state index >= 15 is 0 Å². The van der Waals surface area contributed by atoms with E-state index in [1.807, 2.05) is 0 Å². The first kappa shape index (κ1) is 6.51. The molecule has 1 aliphatic rings. The molecule has 4 nitrogen and oxygen atoms in total. The van der Waals surface area contributed by atoms with Gasteiger partial charge in [0, 0.05) is 13.1 Å². The van der Waals surface area contributed by atoms with Crippen LogP contribution in [-0.2, 0) is 9.53 Å². The summed E-state index contributed by atoms with van der Waals surface area (Å²) >= 11 is 0. The van der Waals surface area contributed by atoms with Gasteiger partial charge in [-0.15, -0.1) is 0 Å². The number of nitrogens with two attached hydrogens (primary N) is 1. The summed E-state index contributed by atoms with van der Waals surface area (Å²) in [5.74, 6) is -0.418. The number of hydrogen-bond acceptors (Lipinski definition) is 2. The van der Waals surface area contributed by atoms with Crippen molar-refractivity contribution in [3.05, 3.63) is 0 Å². The minimum absolute atomic E-state index is 0.418. The van der Waals surface area contributed by atoms with Crippen molar-refractivity contribution in [1.29, 1.82) is 0 Å². The smallest absolute Gasteiger partial charge is 0.247 e. The van der Waals surface area contributed by atoms with Gasteiger partial charge in [-0.2, -0.15) is 0 Å². The van der Waals surface area contributed by atoms with E-state index in [2.05, 4.69) is 5.32 Å². The zero-order valence-electron chi connectivity index (χ0n) is 5.04. The maximum Gasteiger partial charge on any atom is 0.247 e. The number of ether oxygens (including phenoxy) is 1. The molecule has 0 spiro atoms. The Kier molecular flexibility index (Phi) is 2.02. The molecule has 2 N–H and O–H groups in total. The third kappa shape index (κ3) is 1.65. The predicted octanol–water partition coefficient (Wildman–Crippen LogP) is -1.53. The Morgan fingerprint density at radius 3 is 2.89 bits per heavy atom. The van der Waals surface area contributed by atoms with Gasteiger partial charge in [0.05, 0.1) is 6.61 Å². The Bertz CT molecular complexity index is 110. The van der Waals surface area contributed by atoms with Crippen LogP contribution in [0, 0.1) is 0 Å². The number of carbonyl (C=O) groups is 1. The van der Waals surface area contributed by atoms with Gasteiger partial charge in [-0.05, 0) is 0 Å². The summed E-state index contributed by atoms with van der Waals surface area (Å²) in [6, 6.07) is 0. The van der Waals surface area contributed by atoms with Gasteiger partial charge in [0.15, 0.2) is 0 Å². The van der Waals surface area contributed by atoms with Crippen molar-refractivity contribution in [3.63, 3.8) is 0 Å². The molecule has 0 bridgehead atoms. The van der Waals surface area contributed by atoms with E-state index in [1.165, 1.54) is 0 Å². The van der Waals surface area contributed by atoms with Gasteiger partial charge in [0.25, 0.3) is 0 Å². The predicted molar refractivity (Wildman–Crippen MR) is 30.8 cm³/mol. The fraction of sp³-hybridized carbons (Fsp3) is 0.800. The minimum atomic E-state index is -0.473. The standard InChI is InChI=1S/C5H9N2O2/c6-5(8)4-3-7-1-2-9-4/h4H,1-3H2,(H2,6,8). The van der Waals surface area contributed by atoms with Crippen LogP contribution in [0.2, 0.25) is 0 Å². The molecule has 1 saturated heterocycles. The quantitative estimate of drug-likeness (QED) is 0.467. The molecule has 1 radical (unpaired) electrons. The number of primary amides is 1. The lowest BCUT2D eigenvalue weighted by atomic mass is 10.3. The lowest BCUT2D eigenvalue weighted by Gasteiger charge is -2.18. The molecular formula is C5H9N2O2. The highest BCUT2D eigenvalue weighted by atomic mass is 16.5. The SMILES string of the molecule is NC(=O)C1C[N]CCO1. The number of rotatable bonds is 1. The van der Waals surface area contributed by atoms with Crippen molar-refractivity contribution in [2.75, 3.05) is 19.7 Å². The molecule has 0 saturated carbocycles. The van der Waals surface area contributed by atoms with E-state index in [0.717, 1.165) is 0 Å². The summed E-state index contributed by atoms with van der Waals surface area (Å²) < 4.78 is 4.97. The molecule has 1 amide bonds. The van der Waals surface area contributed by atoms with E-state index in [0.29, 0.717) is 19.7 Å². The molecule has 0 aromatic heterocycles. The van der Waals surface area contributed by atoms with Crippen molar-refractivity contribution in [3.8, 4) is 0 Å². The first-order valence-electron chi connectivity index (χ1n) is 2.85. The van der Waals surface area contributed by atoms with Crippen LogP contribution >= 0.6 is 0 Å². The van der Waals surface area contributed by atoms with E-state index in [4.69, 9.17) is 10.5 Å². The topological polar surface area (TPSA) is 66.4 Å². The Balaban J connectivity index is 2.31. The molecule has 1 atom stereocenters. The third-order valence-corrected chi connectivity index (χ3v) is 1.18. The van der Waals surface area contributed by atoms with Crippen molar-refractivity contribution in [2.45, 2.75) is 6.10 Å². The fourth-order valence-corrected chi connectivity index (χ4v) is 0.693. The monoisotopic (exact) mass is 129 g/mol. The van der Waals surface area contributed by atoms with Gasteiger partial charge in [0.2, 0.25) is 5.91 Å². The van der Waals surface area contributed by atoms with Gasteiger partial charge < -0.3 is 10.5 Å². The Morgan fingerprint density at radius 2 is 2.56 bits per heavy atom. The van der Waals surface area contributed by atoms with Gasteiger partial charge >= 0.3 is 0 Å². The Hall–Kier alpha value is -0.610. The second-order valence-electron chi connectivity index (χ2n) is 1.89. The molecule has 51 valence electrons. The third-order valence-electron chi connectivity index (χ3n) is 1.18. The zero-order chi connectivity index (χ0) is 6.69. The highest BCUT2D eigenvalue weighted by Gasteiger charge is 2.18. The minimum Gasteiger partial charge on any atom is -0.367 e. The molecule has 0 aromatic carbocycles. The van der Waals surface area contributed by atoms with Crippen LogP contribution in [0.25, 0.3) is 0 Å². The second-order valence-corrected chi connectivity index (χ2v) is 1.89. The summed E-state index contributed by atoms with van der Waals surface area (Å²) in [5.41, 5.74) is 4.94. The fourth-order valence-electron chi connectivity index (χ4n) is 0.693. The Morgan fingerprint density at radius 1 is 1.78 bits per heavy atom. The van der Waals surface area contributed by atoms with Crippen LogP contribution in [0.15, 0.2) is 0 Å². The number of morpholine rings is 1. The first-order valence-corrected chi connectivity index (χ1v) is 2.85. The van der Waals surface area contributed by atoms with Crippen molar-refractivity contribution >= 4 is 5.91 Å². The zero-order valence-corrected chi connectivity index (χ0v) is 5.04. The molecule has 9 heavy (non-hydrogen) atoms. The van der Waals surface area contributed by atoms with Crippen LogP contribution < -0.4 is 11.1 Å². The highest BCUT2D eigenvalue weighted by molar-refractivity contribution is 5.79. The summed E-state index contributed by atoms with van der Waals surface area (Å²) in [6.07, 6.45) is -0.473. The van der Waals surface area contributed by atoms with Crippen LogP contribution in [-0.4, -0.2) is 31.7 Å². The number of hydrogen-bond donors (Lipinski definition) is 1. The van der Waals surface area contributed by atoms with Crippen molar-refractivity contribution in [1.82, 2.24) is 5.32 Å². The van der Waals surface area contributed by atoms with E-state index in [9.17, 15) is 4.79 Å². The molecule has 4 heteroatoms. The normalized spacial score (nSPS) is 27.8. The number of nitrogens with zero attached hydrogens (tertiary/aromatic N) is 1. The molecule has 1 unspecified atom stereocenters. The van der Waals surface area contributed by atoms with Gasteiger partial charge in [0.1, 0.15) is 6.10 Å². The molecule has 1 aliphatic heterocycles. The van der Waals surface area contributed by atoms with Crippen LogP contribution in [0.4, 0.5) is 0 Å². The molecule has 1 heterocycles. The molecule has 1 fully saturated rings. The highest BCUT2D eigenvalue weighted by Crippen LogP contribution is 1.94. The maximum absolute atomic E-state index is 10.4. The summed E-state index contributed by atoms with van der Waals surface area (Å²) in [7, 11) is 0.